The highest BCUT2D eigenvalue weighted by Gasteiger charge is 2.29. The minimum absolute atomic E-state index is 0.292. The van der Waals surface area contributed by atoms with E-state index >= 15 is 0 Å². The molecule has 1 aromatic carbocycles. The van der Waals surface area contributed by atoms with Crippen molar-refractivity contribution in [1.29, 1.82) is 0 Å². The van der Waals surface area contributed by atoms with Crippen molar-refractivity contribution in [3.05, 3.63) is 47.2 Å². The van der Waals surface area contributed by atoms with Gasteiger partial charge in [-0.05, 0) is 45.5 Å². The summed E-state index contributed by atoms with van der Waals surface area (Å²) < 4.78 is 16.5. The van der Waals surface area contributed by atoms with E-state index in [0.717, 1.165) is 24.5 Å². The average molecular weight is 317 g/mol. The fourth-order valence-electron chi connectivity index (χ4n) is 3.22. The van der Waals surface area contributed by atoms with Crippen molar-refractivity contribution in [2.45, 2.75) is 32.9 Å². The lowest BCUT2D eigenvalue weighted by atomic mass is 9.89. The summed E-state index contributed by atoms with van der Waals surface area (Å²) in [6, 6.07) is 4.25. The molecule has 0 fully saturated rings. The van der Waals surface area contributed by atoms with Crippen molar-refractivity contribution < 1.29 is 14.2 Å². The van der Waals surface area contributed by atoms with Crippen LogP contribution in [-0.4, -0.2) is 38.8 Å². The number of ether oxygens (including phenoxy) is 3. The summed E-state index contributed by atoms with van der Waals surface area (Å²) in [6.45, 7) is 9.50. The number of allylic oxidation sites excluding steroid dienone is 1. The third-order valence-electron chi connectivity index (χ3n) is 4.37. The van der Waals surface area contributed by atoms with Gasteiger partial charge in [-0.25, -0.2) is 0 Å². The van der Waals surface area contributed by atoms with Crippen molar-refractivity contribution in [2.24, 2.45) is 0 Å². The summed E-state index contributed by atoms with van der Waals surface area (Å²) in [5.74, 6) is 2.56. The van der Waals surface area contributed by atoms with Crippen LogP contribution in [0.3, 0.4) is 0 Å². The minimum atomic E-state index is 0.292. The molecule has 0 bridgehead atoms. The van der Waals surface area contributed by atoms with Gasteiger partial charge in [0.25, 0.3) is 0 Å². The Balaban J connectivity index is 2.34. The first kappa shape index (κ1) is 17.4. The van der Waals surface area contributed by atoms with E-state index in [1.165, 1.54) is 16.7 Å². The molecule has 0 radical (unpaired) electrons. The fraction of sp³-hybridized carbons (Fsp3) is 0.474. The second-order valence-corrected chi connectivity index (χ2v) is 5.85. The Morgan fingerprint density at radius 3 is 2.43 bits per heavy atom. The van der Waals surface area contributed by atoms with Gasteiger partial charge >= 0.3 is 0 Å². The molecule has 0 aromatic heterocycles. The number of hydrogen-bond donors (Lipinski definition) is 0. The monoisotopic (exact) mass is 317 g/mol. The Morgan fingerprint density at radius 2 is 1.87 bits per heavy atom. The molecule has 0 N–H and O–H groups in total. The maximum atomic E-state index is 5.56. The zero-order valence-corrected chi connectivity index (χ0v) is 14.8. The van der Waals surface area contributed by atoms with Gasteiger partial charge in [0.05, 0.1) is 20.8 Å². The first-order valence-electron chi connectivity index (χ1n) is 7.94. The van der Waals surface area contributed by atoms with E-state index in [0.29, 0.717) is 18.4 Å². The standard InChI is InChI=1S/C19H27NO3/c1-7-23-14(3)10-13(2)17-11-15-16(12-20(17)4)19(22-6)9-8-18(15)21-5/h8-10,17H,3,7,11-12H2,1-2,4-6H3/b13-10+/t17-/m0/s1. The van der Waals surface area contributed by atoms with E-state index in [2.05, 4.69) is 25.5 Å². The summed E-state index contributed by atoms with van der Waals surface area (Å²) in [7, 11) is 5.56. The van der Waals surface area contributed by atoms with E-state index in [-0.39, 0.29) is 0 Å². The second kappa shape index (κ2) is 7.55. The highest BCUT2D eigenvalue weighted by Crippen LogP contribution is 2.37. The first-order valence-corrected chi connectivity index (χ1v) is 7.94. The third kappa shape index (κ3) is 3.70. The van der Waals surface area contributed by atoms with Crippen LogP contribution in [0, 0.1) is 0 Å². The maximum Gasteiger partial charge on any atom is 0.123 e. The Hall–Kier alpha value is -1.94. The maximum absolute atomic E-state index is 5.56. The number of likely N-dealkylation sites (N-methyl/N-ethyl adjacent to an activating group) is 1. The molecule has 1 heterocycles. The lowest BCUT2D eigenvalue weighted by Gasteiger charge is -2.36. The van der Waals surface area contributed by atoms with Gasteiger partial charge in [0.2, 0.25) is 0 Å². The van der Waals surface area contributed by atoms with Gasteiger partial charge in [-0.1, -0.05) is 12.2 Å². The number of nitrogens with zero attached hydrogens (tertiary/aromatic N) is 1. The molecule has 0 unspecified atom stereocenters. The zero-order chi connectivity index (χ0) is 17.0. The van der Waals surface area contributed by atoms with Gasteiger partial charge < -0.3 is 14.2 Å². The SMILES string of the molecule is C=C(/C=C(\C)[C@@H]1Cc2c(OC)ccc(OC)c2CN1C)OCC. The lowest BCUT2D eigenvalue weighted by molar-refractivity contribution is 0.228. The number of methoxy groups -OCH3 is 2. The number of hydrogen-bond acceptors (Lipinski definition) is 4. The van der Waals surface area contributed by atoms with Gasteiger partial charge in [0.1, 0.15) is 17.3 Å². The predicted octanol–water partition coefficient (Wildman–Crippen LogP) is 3.56. The zero-order valence-electron chi connectivity index (χ0n) is 14.8. The van der Waals surface area contributed by atoms with Crippen LogP contribution in [0.15, 0.2) is 36.1 Å². The van der Waals surface area contributed by atoms with Gasteiger partial charge in [0.15, 0.2) is 0 Å². The smallest absolute Gasteiger partial charge is 0.123 e. The summed E-state index contributed by atoms with van der Waals surface area (Å²) in [5.41, 5.74) is 3.67. The van der Waals surface area contributed by atoms with Crippen LogP contribution in [0.25, 0.3) is 0 Å². The molecule has 1 aliphatic heterocycles. The van der Waals surface area contributed by atoms with Crippen LogP contribution in [-0.2, 0) is 17.7 Å². The molecule has 1 atom stereocenters. The Kier molecular flexibility index (Phi) is 5.72. The van der Waals surface area contributed by atoms with Gasteiger partial charge in [-0.15, -0.1) is 0 Å². The van der Waals surface area contributed by atoms with Crippen molar-refractivity contribution in [3.8, 4) is 11.5 Å². The Labute approximate surface area is 139 Å². The van der Waals surface area contributed by atoms with Crippen molar-refractivity contribution >= 4 is 0 Å². The summed E-state index contributed by atoms with van der Waals surface area (Å²) in [5, 5.41) is 0. The van der Waals surface area contributed by atoms with E-state index in [1.807, 2.05) is 25.1 Å². The molecule has 0 saturated heterocycles. The van der Waals surface area contributed by atoms with Crippen LogP contribution in [0.5, 0.6) is 11.5 Å². The molecule has 4 nitrogen and oxygen atoms in total. The molecule has 1 aromatic rings. The van der Waals surface area contributed by atoms with Gasteiger partial charge in [-0.2, -0.15) is 0 Å². The third-order valence-corrected chi connectivity index (χ3v) is 4.37. The highest BCUT2D eigenvalue weighted by molar-refractivity contribution is 5.51. The van der Waals surface area contributed by atoms with Crippen LogP contribution in [0.4, 0.5) is 0 Å². The summed E-state index contributed by atoms with van der Waals surface area (Å²) >= 11 is 0. The molecule has 4 heteroatoms. The van der Waals surface area contributed by atoms with Gasteiger partial charge in [0, 0.05) is 23.7 Å². The first-order chi connectivity index (χ1) is 11.0. The molecule has 126 valence electrons. The average Bonchev–Trinajstić information content (AvgIpc) is 2.53. The highest BCUT2D eigenvalue weighted by atomic mass is 16.5. The summed E-state index contributed by atoms with van der Waals surface area (Å²) in [6.07, 6.45) is 2.91. The number of benzene rings is 1. The quantitative estimate of drug-likeness (QED) is 0.593. The number of fused-ring (bicyclic) bond motifs is 1. The van der Waals surface area contributed by atoms with E-state index in [9.17, 15) is 0 Å². The normalized spacial score (nSPS) is 18.3. The molecule has 2 rings (SSSR count). The Bertz CT molecular complexity index is 607. The topological polar surface area (TPSA) is 30.9 Å². The Morgan fingerprint density at radius 1 is 1.26 bits per heavy atom. The minimum Gasteiger partial charge on any atom is -0.496 e. The predicted molar refractivity (Wildman–Crippen MR) is 93.0 cm³/mol. The van der Waals surface area contributed by atoms with Crippen molar-refractivity contribution in [3.63, 3.8) is 0 Å². The second-order valence-electron chi connectivity index (χ2n) is 5.85. The van der Waals surface area contributed by atoms with Crippen LogP contribution >= 0.6 is 0 Å². The van der Waals surface area contributed by atoms with E-state index < -0.39 is 0 Å². The largest absolute Gasteiger partial charge is 0.496 e. The molecule has 1 aliphatic rings. The molecule has 0 spiro atoms. The molecule has 23 heavy (non-hydrogen) atoms. The summed E-state index contributed by atoms with van der Waals surface area (Å²) in [4.78, 5) is 2.33. The van der Waals surface area contributed by atoms with E-state index in [1.54, 1.807) is 14.2 Å². The van der Waals surface area contributed by atoms with Crippen LogP contribution in [0.1, 0.15) is 25.0 Å². The van der Waals surface area contributed by atoms with Crippen LogP contribution < -0.4 is 9.47 Å². The van der Waals surface area contributed by atoms with Crippen molar-refractivity contribution in [2.75, 3.05) is 27.9 Å². The lowest BCUT2D eigenvalue weighted by Crippen LogP contribution is -2.38. The molecular formula is C19H27NO3. The number of rotatable bonds is 6. The van der Waals surface area contributed by atoms with Gasteiger partial charge in [-0.3, -0.25) is 4.90 Å². The van der Waals surface area contributed by atoms with Crippen LogP contribution in [0.2, 0.25) is 0 Å². The van der Waals surface area contributed by atoms with Crippen molar-refractivity contribution in [1.82, 2.24) is 4.90 Å². The molecule has 0 amide bonds. The fourth-order valence-corrected chi connectivity index (χ4v) is 3.22. The molecule has 0 aliphatic carbocycles. The molecular weight excluding hydrogens is 290 g/mol. The van der Waals surface area contributed by atoms with E-state index in [4.69, 9.17) is 14.2 Å². The molecule has 0 saturated carbocycles.